The van der Waals surface area contributed by atoms with Gasteiger partial charge < -0.3 is 19.7 Å². The molecule has 1 aliphatic rings. The molecule has 0 aliphatic carbocycles. The fraction of sp³-hybridized carbons (Fsp3) is 0.381. The van der Waals surface area contributed by atoms with Crippen LogP contribution in [0.3, 0.4) is 0 Å². The van der Waals surface area contributed by atoms with Crippen LogP contribution in [0.2, 0.25) is 0 Å². The zero-order valence-corrected chi connectivity index (χ0v) is 15.6. The second kappa shape index (κ2) is 8.13. The Kier molecular flexibility index (Phi) is 5.66. The van der Waals surface area contributed by atoms with Crippen molar-refractivity contribution in [3.63, 3.8) is 0 Å². The minimum absolute atomic E-state index is 0.157. The molecular weight excluding hydrogens is 328 g/mol. The van der Waals surface area contributed by atoms with Crippen molar-refractivity contribution in [3.05, 3.63) is 42.5 Å². The number of ether oxygens (including phenoxy) is 2. The Hall–Kier alpha value is -2.69. The maximum absolute atomic E-state index is 12.5. The van der Waals surface area contributed by atoms with E-state index in [1.807, 2.05) is 54.3 Å². The lowest BCUT2D eigenvalue weighted by Crippen LogP contribution is -2.39. The molecule has 0 unspecified atom stereocenters. The van der Waals surface area contributed by atoms with Gasteiger partial charge in [-0.25, -0.2) is 0 Å². The fourth-order valence-electron chi connectivity index (χ4n) is 3.32. The van der Waals surface area contributed by atoms with Gasteiger partial charge in [0.05, 0.1) is 14.2 Å². The first-order valence-electron chi connectivity index (χ1n) is 9.00. The van der Waals surface area contributed by atoms with E-state index in [0.29, 0.717) is 0 Å². The molecule has 26 heavy (non-hydrogen) atoms. The molecule has 2 aromatic rings. The van der Waals surface area contributed by atoms with Gasteiger partial charge in [0.1, 0.15) is 17.5 Å². The molecule has 5 nitrogen and oxygen atoms in total. The van der Waals surface area contributed by atoms with Gasteiger partial charge in [-0.3, -0.25) is 4.79 Å². The fourth-order valence-corrected chi connectivity index (χ4v) is 3.32. The molecule has 138 valence electrons. The summed E-state index contributed by atoms with van der Waals surface area (Å²) in [4.78, 5) is 14.5. The van der Waals surface area contributed by atoms with Crippen molar-refractivity contribution >= 4 is 11.6 Å². The number of carbonyl (C=O) groups excluding carboxylic acids is 1. The Balaban J connectivity index is 1.81. The monoisotopic (exact) mass is 354 g/mol. The van der Waals surface area contributed by atoms with Gasteiger partial charge in [-0.05, 0) is 55.7 Å². The van der Waals surface area contributed by atoms with Crippen molar-refractivity contribution in [2.24, 2.45) is 0 Å². The number of nitrogens with zero attached hydrogens (tertiary/aromatic N) is 1. The number of hydrogen-bond acceptors (Lipinski definition) is 4. The average Bonchev–Trinajstić information content (AvgIpc) is 3.22. The molecule has 1 N–H and O–H groups in total. The molecule has 0 spiro atoms. The molecule has 1 aliphatic heterocycles. The first-order valence-corrected chi connectivity index (χ1v) is 9.00. The van der Waals surface area contributed by atoms with Crippen LogP contribution < -0.4 is 14.8 Å². The van der Waals surface area contributed by atoms with Gasteiger partial charge in [0.25, 0.3) is 0 Å². The van der Waals surface area contributed by atoms with E-state index in [9.17, 15) is 4.79 Å². The number of likely N-dealkylation sites (tertiary alicyclic amines) is 1. The molecule has 1 atom stereocenters. The number of benzene rings is 2. The second-order valence-electron chi connectivity index (χ2n) is 6.54. The zero-order valence-electron chi connectivity index (χ0n) is 15.6. The predicted octanol–water partition coefficient (Wildman–Crippen LogP) is 3.79. The summed E-state index contributed by atoms with van der Waals surface area (Å²) < 4.78 is 10.7. The van der Waals surface area contributed by atoms with E-state index < -0.39 is 0 Å². The highest BCUT2D eigenvalue weighted by atomic mass is 16.5. The SMILES string of the molecule is COc1ccc(-c2cc(N[C@H](C)C(=O)N3CCCC3)ccc2OC)cc1. The Bertz CT molecular complexity index is 752. The van der Waals surface area contributed by atoms with E-state index in [0.717, 1.165) is 54.2 Å². The van der Waals surface area contributed by atoms with Gasteiger partial charge in [-0.1, -0.05) is 12.1 Å². The van der Waals surface area contributed by atoms with Crippen LogP contribution in [0.4, 0.5) is 5.69 Å². The third kappa shape index (κ3) is 3.93. The third-order valence-electron chi connectivity index (χ3n) is 4.77. The quantitative estimate of drug-likeness (QED) is 0.857. The maximum Gasteiger partial charge on any atom is 0.244 e. The number of carbonyl (C=O) groups is 1. The van der Waals surface area contributed by atoms with Crippen LogP contribution in [0.5, 0.6) is 11.5 Å². The second-order valence-corrected chi connectivity index (χ2v) is 6.54. The van der Waals surface area contributed by atoms with E-state index in [1.54, 1.807) is 14.2 Å². The largest absolute Gasteiger partial charge is 0.497 e. The highest BCUT2D eigenvalue weighted by Gasteiger charge is 2.23. The van der Waals surface area contributed by atoms with Crippen LogP contribution in [0.1, 0.15) is 19.8 Å². The highest BCUT2D eigenvalue weighted by Crippen LogP contribution is 2.33. The Morgan fingerprint density at radius 3 is 2.35 bits per heavy atom. The molecule has 1 saturated heterocycles. The van der Waals surface area contributed by atoms with Gasteiger partial charge in [0, 0.05) is 24.3 Å². The van der Waals surface area contributed by atoms with Gasteiger partial charge in [0.15, 0.2) is 0 Å². The molecule has 2 aromatic carbocycles. The summed E-state index contributed by atoms with van der Waals surface area (Å²) in [5.41, 5.74) is 2.91. The predicted molar refractivity (Wildman–Crippen MR) is 104 cm³/mol. The number of methoxy groups -OCH3 is 2. The van der Waals surface area contributed by atoms with Crippen molar-refractivity contribution in [1.29, 1.82) is 0 Å². The molecule has 1 heterocycles. The summed E-state index contributed by atoms with van der Waals surface area (Å²) in [5.74, 6) is 1.76. The van der Waals surface area contributed by atoms with Crippen LogP contribution >= 0.6 is 0 Å². The number of amides is 1. The normalized spacial score (nSPS) is 14.8. The van der Waals surface area contributed by atoms with Crippen molar-refractivity contribution in [2.75, 3.05) is 32.6 Å². The molecule has 0 radical (unpaired) electrons. The topological polar surface area (TPSA) is 50.8 Å². The van der Waals surface area contributed by atoms with Gasteiger partial charge in [0.2, 0.25) is 5.91 Å². The summed E-state index contributed by atoms with van der Waals surface area (Å²) in [6.45, 7) is 3.65. The van der Waals surface area contributed by atoms with Crippen molar-refractivity contribution < 1.29 is 14.3 Å². The van der Waals surface area contributed by atoms with Crippen LogP contribution in [-0.2, 0) is 4.79 Å². The van der Waals surface area contributed by atoms with Crippen LogP contribution in [0.15, 0.2) is 42.5 Å². The standard InChI is InChI=1S/C21H26N2O3/c1-15(21(24)23-12-4-5-13-23)22-17-8-11-20(26-3)19(14-17)16-6-9-18(25-2)10-7-16/h6-11,14-15,22H,4-5,12-13H2,1-3H3/t15-/m1/s1. The third-order valence-corrected chi connectivity index (χ3v) is 4.77. The first kappa shape index (κ1) is 18.1. The van der Waals surface area contributed by atoms with Crippen LogP contribution in [0.25, 0.3) is 11.1 Å². The van der Waals surface area contributed by atoms with E-state index in [1.165, 1.54) is 0 Å². The molecule has 0 bridgehead atoms. The Labute approximate surface area is 154 Å². The zero-order chi connectivity index (χ0) is 18.5. The van der Waals surface area contributed by atoms with Gasteiger partial charge in [-0.2, -0.15) is 0 Å². The highest BCUT2D eigenvalue weighted by molar-refractivity contribution is 5.85. The maximum atomic E-state index is 12.5. The Morgan fingerprint density at radius 1 is 1.04 bits per heavy atom. The van der Waals surface area contributed by atoms with Crippen molar-refractivity contribution in [1.82, 2.24) is 4.90 Å². The lowest BCUT2D eigenvalue weighted by atomic mass is 10.0. The summed E-state index contributed by atoms with van der Waals surface area (Å²) in [7, 11) is 3.31. The van der Waals surface area contributed by atoms with E-state index in [4.69, 9.17) is 9.47 Å². The molecule has 0 saturated carbocycles. The minimum Gasteiger partial charge on any atom is -0.497 e. The first-order chi connectivity index (χ1) is 12.6. The van der Waals surface area contributed by atoms with Crippen molar-refractivity contribution in [2.45, 2.75) is 25.8 Å². The average molecular weight is 354 g/mol. The van der Waals surface area contributed by atoms with Crippen LogP contribution in [0, 0.1) is 0 Å². The van der Waals surface area contributed by atoms with Gasteiger partial charge in [-0.15, -0.1) is 0 Å². The molecular formula is C21H26N2O3. The lowest BCUT2D eigenvalue weighted by Gasteiger charge is -2.22. The van der Waals surface area contributed by atoms with Crippen molar-refractivity contribution in [3.8, 4) is 22.6 Å². The molecule has 3 rings (SSSR count). The smallest absolute Gasteiger partial charge is 0.244 e. The number of anilines is 1. The van der Waals surface area contributed by atoms with E-state index >= 15 is 0 Å². The van der Waals surface area contributed by atoms with Crippen LogP contribution in [-0.4, -0.2) is 44.2 Å². The van der Waals surface area contributed by atoms with E-state index in [2.05, 4.69) is 5.32 Å². The summed E-state index contributed by atoms with van der Waals surface area (Å²) in [6, 6.07) is 13.5. The molecule has 1 amide bonds. The summed E-state index contributed by atoms with van der Waals surface area (Å²) >= 11 is 0. The molecule has 0 aromatic heterocycles. The Morgan fingerprint density at radius 2 is 1.73 bits per heavy atom. The molecule has 5 heteroatoms. The number of nitrogens with one attached hydrogen (secondary N) is 1. The summed E-state index contributed by atoms with van der Waals surface area (Å²) in [5, 5.41) is 3.33. The van der Waals surface area contributed by atoms with E-state index in [-0.39, 0.29) is 11.9 Å². The number of rotatable bonds is 6. The van der Waals surface area contributed by atoms with Gasteiger partial charge >= 0.3 is 0 Å². The lowest BCUT2D eigenvalue weighted by molar-refractivity contribution is -0.130. The summed E-state index contributed by atoms with van der Waals surface area (Å²) in [6.07, 6.45) is 2.20. The number of hydrogen-bond donors (Lipinski definition) is 1. The minimum atomic E-state index is -0.259. The molecule has 1 fully saturated rings.